The van der Waals surface area contributed by atoms with Gasteiger partial charge in [-0.3, -0.25) is 0 Å². The van der Waals surface area contributed by atoms with E-state index in [-0.39, 0.29) is 0 Å². The molecule has 0 saturated heterocycles. The zero-order valence-electron chi connectivity index (χ0n) is 7.29. The van der Waals surface area contributed by atoms with Crippen molar-refractivity contribution in [3.05, 3.63) is 24.0 Å². The van der Waals surface area contributed by atoms with Crippen LogP contribution in [0.15, 0.2) is 18.2 Å². The lowest BCUT2D eigenvalue weighted by molar-refractivity contribution is 0.146. The summed E-state index contributed by atoms with van der Waals surface area (Å²) in [4.78, 5) is 0. The Morgan fingerprint density at radius 3 is 2.77 bits per heavy atom. The maximum absolute atomic E-state index is 12.6. The predicted octanol–water partition coefficient (Wildman–Crippen LogP) is 1.56. The zero-order chi connectivity index (χ0) is 9.68. The predicted molar refractivity (Wildman–Crippen MR) is 45.4 cm³/mol. The minimum absolute atomic E-state index is 0.377. The maximum Gasteiger partial charge on any atom is 0.165 e. The molecule has 1 aromatic carbocycles. The molecule has 0 unspecified atom stereocenters. The first-order valence-electron chi connectivity index (χ1n) is 3.84. The van der Waals surface area contributed by atoms with Crippen LogP contribution < -0.4 is 4.74 Å². The highest BCUT2D eigenvalue weighted by Gasteiger charge is 2.01. The van der Waals surface area contributed by atoms with Crippen LogP contribution in [0.25, 0.3) is 0 Å². The summed E-state index contributed by atoms with van der Waals surface area (Å²) >= 11 is 0. The number of phenols is 1. The molecule has 4 heteroatoms. The molecule has 1 N–H and O–H groups in total. The number of benzene rings is 1. The molecule has 13 heavy (non-hydrogen) atoms. The van der Waals surface area contributed by atoms with Gasteiger partial charge < -0.3 is 14.6 Å². The van der Waals surface area contributed by atoms with Gasteiger partial charge in [0.25, 0.3) is 0 Å². The molecule has 0 radical (unpaired) electrons. The molecule has 0 bridgehead atoms. The molecule has 72 valence electrons. The van der Waals surface area contributed by atoms with Gasteiger partial charge in [-0.05, 0) is 12.1 Å². The Morgan fingerprint density at radius 1 is 1.38 bits per heavy atom. The van der Waals surface area contributed by atoms with Crippen LogP contribution in [-0.4, -0.2) is 25.4 Å². The second-order valence-corrected chi connectivity index (χ2v) is 2.45. The van der Waals surface area contributed by atoms with Crippen LogP contribution >= 0.6 is 0 Å². The molecular formula is C9H11FO3. The van der Waals surface area contributed by atoms with Crippen molar-refractivity contribution in [1.29, 1.82) is 0 Å². The highest BCUT2D eigenvalue weighted by Crippen LogP contribution is 2.21. The second kappa shape index (κ2) is 4.67. The number of ether oxygens (including phenoxy) is 2. The fourth-order valence-corrected chi connectivity index (χ4v) is 0.825. The smallest absolute Gasteiger partial charge is 0.165 e. The Kier molecular flexibility index (Phi) is 3.52. The lowest BCUT2D eigenvalue weighted by atomic mass is 10.3. The van der Waals surface area contributed by atoms with Crippen molar-refractivity contribution in [2.45, 2.75) is 0 Å². The quantitative estimate of drug-likeness (QED) is 0.725. The Hall–Kier alpha value is -1.29. The summed E-state index contributed by atoms with van der Waals surface area (Å²) in [5.74, 6) is -0.634. The van der Waals surface area contributed by atoms with Crippen LogP contribution in [-0.2, 0) is 4.74 Å². The van der Waals surface area contributed by atoms with Gasteiger partial charge in [-0.1, -0.05) is 0 Å². The highest BCUT2D eigenvalue weighted by atomic mass is 19.1. The van der Waals surface area contributed by atoms with E-state index in [0.717, 1.165) is 6.07 Å². The van der Waals surface area contributed by atoms with Crippen LogP contribution in [0.4, 0.5) is 4.39 Å². The molecule has 0 amide bonds. The summed E-state index contributed by atoms with van der Waals surface area (Å²) in [5, 5.41) is 8.97. The first-order chi connectivity index (χ1) is 6.24. The van der Waals surface area contributed by atoms with Gasteiger partial charge in [0.05, 0.1) is 6.61 Å². The molecule has 0 saturated carbocycles. The highest BCUT2D eigenvalue weighted by molar-refractivity contribution is 5.33. The lowest BCUT2D eigenvalue weighted by Crippen LogP contribution is -2.04. The number of hydrogen-bond acceptors (Lipinski definition) is 3. The second-order valence-electron chi connectivity index (χ2n) is 2.45. The van der Waals surface area contributed by atoms with E-state index in [1.165, 1.54) is 12.1 Å². The van der Waals surface area contributed by atoms with Crippen molar-refractivity contribution in [2.24, 2.45) is 0 Å². The van der Waals surface area contributed by atoms with E-state index in [0.29, 0.717) is 19.0 Å². The number of rotatable bonds is 4. The number of phenolic OH excluding ortho intramolecular Hbond substituents is 1. The Bertz CT molecular complexity index is 276. The van der Waals surface area contributed by atoms with Crippen LogP contribution in [0.2, 0.25) is 0 Å². The summed E-state index contributed by atoms with van der Waals surface area (Å²) in [6.07, 6.45) is 0. The van der Waals surface area contributed by atoms with Crippen molar-refractivity contribution < 1.29 is 19.0 Å². The third-order valence-corrected chi connectivity index (χ3v) is 1.47. The number of methoxy groups -OCH3 is 1. The molecule has 0 aliphatic heterocycles. The number of hydrogen-bond donors (Lipinski definition) is 1. The topological polar surface area (TPSA) is 38.7 Å². The third-order valence-electron chi connectivity index (χ3n) is 1.47. The minimum atomic E-state index is -0.654. The SMILES string of the molecule is COCCOc1ccc(F)c(O)c1. The zero-order valence-corrected chi connectivity index (χ0v) is 7.29. The van der Waals surface area contributed by atoms with Gasteiger partial charge in [0.2, 0.25) is 0 Å². The summed E-state index contributed by atoms with van der Waals surface area (Å²) in [6.45, 7) is 0.833. The molecular weight excluding hydrogens is 175 g/mol. The van der Waals surface area contributed by atoms with E-state index in [1.54, 1.807) is 7.11 Å². The molecule has 0 aliphatic carbocycles. The first kappa shape index (κ1) is 9.80. The normalized spacial score (nSPS) is 10.0. The maximum atomic E-state index is 12.6. The van der Waals surface area contributed by atoms with E-state index < -0.39 is 11.6 Å². The van der Waals surface area contributed by atoms with Gasteiger partial charge in [-0.25, -0.2) is 4.39 Å². The van der Waals surface area contributed by atoms with E-state index in [2.05, 4.69) is 0 Å². The molecule has 1 rings (SSSR count). The van der Waals surface area contributed by atoms with Gasteiger partial charge in [-0.15, -0.1) is 0 Å². The molecule has 0 heterocycles. The summed E-state index contributed by atoms with van der Waals surface area (Å²) < 4.78 is 22.4. The van der Waals surface area contributed by atoms with Gasteiger partial charge in [0.15, 0.2) is 11.6 Å². The standard InChI is InChI=1S/C9H11FO3/c1-12-4-5-13-7-2-3-8(10)9(11)6-7/h2-3,6,11H,4-5H2,1H3. The Labute approximate surface area is 75.7 Å². The molecule has 1 aromatic rings. The van der Waals surface area contributed by atoms with Crippen molar-refractivity contribution in [3.8, 4) is 11.5 Å². The van der Waals surface area contributed by atoms with Gasteiger partial charge in [0.1, 0.15) is 12.4 Å². The monoisotopic (exact) mass is 186 g/mol. The summed E-state index contributed by atoms with van der Waals surface area (Å²) in [6, 6.07) is 3.83. The van der Waals surface area contributed by atoms with Crippen molar-refractivity contribution >= 4 is 0 Å². The molecule has 0 aliphatic rings. The van der Waals surface area contributed by atoms with Gasteiger partial charge in [0, 0.05) is 13.2 Å². The van der Waals surface area contributed by atoms with Crippen LogP contribution in [0.3, 0.4) is 0 Å². The Balaban J connectivity index is 2.53. The van der Waals surface area contributed by atoms with Crippen LogP contribution in [0.1, 0.15) is 0 Å². The average Bonchev–Trinajstić information content (AvgIpc) is 2.12. The van der Waals surface area contributed by atoms with E-state index in [4.69, 9.17) is 14.6 Å². The summed E-state index contributed by atoms with van der Waals surface area (Å²) in [7, 11) is 1.56. The summed E-state index contributed by atoms with van der Waals surface area (Å²) in [5.41, 5.74) is 0. The third kappa shape index (κ3) is 2.91. The molecule has 3 nitrogen and oxygen atoms in total. The average molecular weight is 186 g/mol. The molecule has 0 atom stereocenters. The van der Waals surface area contributed by atoms with Gasteiger partial charge >= 0.3 is 0 Å². The number of aromatic hydroxyl groups is 1. The van der Waals surface area contributed by atoms with E-state index in [9.17, 15) is 4.39 Å². The van der Waals surface area contributed by atoms with Crippen molar-refractivity contribution in [2.75, 3.05) is 20.3 Å². The van der Waals surface area contributed by atoms with Crippen molar-refractivity contribution in [3.63, 3.8) is 0 Å². The molecule has 0 fully saturated rings. The van der Waals surface area contributed by atoms with Crippen molar-refractivity contribution in [1.82, 2.24) is 0 Å². The first-order valence-corrected chi connectivity index (χ1v) is 3.84. The van der Waals surface area contributed by atoms with Crippen LogP contribution in [0, 0.1) is 5.82 Å². The fraction of sp³-hybridized carbons (Fsp3) is 0.333. The van der Waals surface area contributed by atoms with E-state index in [1.807, 2.05) is 0 Å². The van der Waals surface area contributed by atoms with Crippen LogP contribution in [0.5, 0.6) is 11.5 Å². The minimum Gasteiger partial charge on any atom is -0.505 e. The molecule has 0 spiro atoms. The lowest BCUT2D eigenvalue weighted by Gasteiger charge is -2.05. The number of halogens is 1. The van der Waals surface area contributed by atoms with Gasteiger partial charge in [-0.2, -0.15) is 0 Å². The van der Waals surface area contributed by atoms with E-state index >= 15 is 0 Å². The fourth-order valence-electron chi connectivity index (χ4n) is 0.825. The largest absolute Gasteiger partial charge is 0.505 e. The Morgan fingerprint density at radius 2 is 2.15 bits per heavy atom. The molecule has 0 aromatic heterocycles.